The van der Waals surface area contributed by atoms with E-state index in [1.165, 1.54) is 18.5 Å². The molecule has 0 atom stereocenters. The Morgan fingerprint density at radius 2 is 1.82 bits per heavy atom. The molecule has 0 aliphatic heterocycles. The molecule has 4 nitrogen and oxygen atoms in total. The number of benzene rings is 1. The van der Waals surface area contributed by atoms with Gasteiger partial charge in [0.05, 0.1) is 10.2 Å². The zero-order chi connectivity index (χ0) is 12.4. The molecule has 1 aromatic carbocycles. The molecular weight excluding hydrogens is 294 g/mol. The molecule has 1 heterocycles. The van der Waals surface area contributed by atoms with E-state index >= 15 is 0 Å². The quantitative estimate of drug-likeness (QED) is 0.837. The first kappa shape index (κ1) is 11.7. The summed E-state index contributed by atoms with van der Waals surface area (Å²) in [6.07, 6.45) is 2.83. The van der Waals surface area contributed by atoms with Crippen LogP contribution in [0.3, 0.4) is 0 Å². The van der Waals surface area contributed by atoms with Gasteiger partial charge in [-0.3, -0.25) is 0 Å². The average molecular weight is 301 g/mol. The van der Waals surface area contributed by atoms with Crippen LogP contribution in [0.15, 0.2) is 29.0 Å². The molecule has 17 heavy (non-hydrogen) atoms. The molecule has 0 aliphatic carbocycles. The highest BCUT2D eigenvalue weighted by Crippen LogP contribution is 2.26. The van der Waals surface area contributed by atoms with E-state index in [0.29, 0.717) is 0 Å². The second-order valence-corrected chi connectivity index (χ2v) is 4.02. The van der Waals surface area contributed by atoms with Crippen molar-refractivity contribution in [3.05, 3.63) is 40.6 Å². The summed E-state index contributed by atoms with van der Waals surface area (Å²) in [5.41, 5.74) is 5.60. The lowest BCUT2D eigenvalue weighted by atomic mass is 10.3. The Morgan fingerprint density at radius 3 is 2.53 bits per heavy atom. The SMILES string of the molecule is Nc1nccnc1Nc1cc(Br)c(F)cc1F. The first-order valence-corrected chi connectivity index (χ1v) is 5.35. The van der Waals surface area contributed by atoms with Crippen LogP contribution in [-0.2, 0) is 0 Å². The summed E-state index contributed by atoms with van der Waals surface area (Å²) in [7, 11) is 0. The Bertz CT molecular complexity index is 562. The van der Waals surface area contributed by atoms with E-state index in [0.717, 1.165) is 6.07 Å². The van der Waals surface area contributed by atoms with Gasteiger partial charge in [0, 0.05) is 18.5 Å². The molecule has 0 bridgehead atoms. The number of rotatable bonds is 2. The number of halogens is 3. The van der Waals surface area contributed by atoms with Crippen LogP contribution in [0.4, 0.5) is 26.1 Å². The Balaban J connectivity index is 2.37. The van der Waals surface area contributed by atoms with Crippen LogP contribution in [0.2, 0.25) is 0 Å². The number of hydrogen-bond acceptors (Lipinski definition) is 4. The Labute approximate surface area is 104 Å². The van der Waals surface area contributed by atoms with Crippen LogP contribution in [-0.4, -0.2) is 9.97 Å². The fourth-order valence-electron chi connectivity index (χ4n) is 1.19. The smallest absolute Gasteiger partial charge is 0.173 e. The highest BCUT2D eigenvalue weighted by Gasteiger charge is 2.10. The van der Waals surface area contributed by atoms with Crippen molar-refractivity contribution in [3.63, 3.8) is 0 Å². The fourth-order valence-corrected chi connectivity index (χ4v) is 1.53. The molecule has 0 saturated carbocycles. The van der Waals surface area contributed by atoms with Crippen LogP contribution >= 0.6 is 15.9 Å². The molecule has 0 unspecified atom stereocenters. The maximum Gasteiger partial charge on any atom is 0.173 e. The highest BCUT2D eigenvalue weighted by atomic mass is 79.9. The molecule has 7 heteroatoms. The van der Waals surface area contributed by atoms with Crippen LogP contribution in [0.5, 0.6) is 0 Å². The summed E-state index contributed by atoms with van der Waals surface area (Å²) in [4.78, 5) is 7.68. The lowest BCUT2D eigenvalue weighted by Crippen LogP contribution is -2.02. The van der Waals surface area contributed by atoms with Gasteiger partial charge in [-0.1, -0.05) is 0 Å². The summed E-state index contributed by atoms with van der Waals surface area (Å²) in [6.45, 7) is 0. The number of nitrogen functional groups attached to an aromatic ring is 1. The molecular formula is C10H7BrF2N4. The number of anilines is 3. The molecule has 0 fully saturated rings. The van der Waals surface area contributed by atoms with Crippen molar-refractivity contribution in [1.29, 1.82) is 0 Å². The third-order valence-corrected chi connectivity index (χ3v) is 2.60. The zero-order valence-electron chi connectivity index (χ0n) is 8.42. The maximum absolute atomic E-state index is 13.4. The third-order valence-electron chi connectivity index (χ3n) is 1.99. The topological polar surface area (TPSA) is 63.8 Å². The van der Waals surface area contributed by atoms with Gasteiger partial charge in [0.15, 0.2) is 11.6 Å². The first-order valence-electron chi connectivity index (χ1n) is 4.56. The standard InChI is InChI=1S/C10H7BrF2N4/c11-5-3-8(7(13)4-6(5)12)17-10-9(14)15-1-2-16-10/h1-4H,(H2,14,15)(H,16,17). The van der Waals surface area contributed by atoms with Gasteiger partial charge >= 0.3 is 0 Å². The van der Waals surface area contributed by atoms with E-state index in [-0.39, 0.29) is 21.8 Å². The largest absolute Gasteiger partial charge is 0.381 e. The molecule has 2 aromatic rings. The van der Waals surface area contributed by atoms with Crippen LogP contribution in [0, 0.1) is 11.6 Å². The van der Waals surface area contributed by atoms with Crippen LogP contribution in [0.1, 0.15) is 0 Å². The van der Waals surface area contributed by atoms with Crippen molar-refractivity contribution >= 4 is 33.3 Å². The second-order valence-electron chi connectivity index (χ2n) is 3.16. The van der Waals surface area contributed by atoms with Crippen molar-refractivity contribution in [1.82, 2.24) is 9.97 Å². The van der Waals surface area contributed by atoms with Gasteiger partial charge in [-0.2, -0.15) is 0 Å². The van der Waals surface area contributed by atoms with Crippen molar-refractivity contribution in [2.75, 3.05) is 11.1 Å². The highest BCUT2D eigenvalue weighted by molar-refractivity contribution is 9.10. The summed E-state index contributed by atoms with van der Waals surface area (Å²) >= 11 is 2.96. The summed E-state index contributed by atoms with van der Waals surface area (Å²) in [5, 5.41) is 2.64. The van der Waals surface area contributed by atoms with Gasteiger partial charge in [-0.15, -0.1) is 0 Å². The summed E-state index contributed by atoms with van der Waals surface area (Å²) in [6, 6.07) is 2.03. The summed E-state index contributed by atoms with van der Waals surface area (Å²) in [5.74, 6) is -1.08. The Morgan fingerprint density at radius 1 is 1.12 bits per heavy atom. The Hall–Kier alpha value is -1.76. The lowest BCUT2D eigenvalue weighted by molar-refractivity contribution is 0.581. The van der Waals surface area contributed by atoms with Gasteiger partial charge in [-0.25, -0.2) is 18.7 Å². The molecule has 2 rings (SSSR count). The number of hydrogen-bond donors (Lipinski definition) is 2. The van der Waals surface area contributed by atoms with E-state index in [2.05, 4.69) is 31.2 Å². The van der Waals surface area contributed by atoms with E-state index in [1.54, 1.807) is 0 Å². The minimum atomic E-state index is -0.740. The molecule has 88 valence electrons. The van der Waals surface area contributed by atoms with E-state index in [9.17, 15) is 8.78 Å². The number of nitrogens with one attached hydrogen (secondary N) is 1. The van der Waals surface area contributed by atoms with Gasteiger partial charge in [0.2, 0.25) is 0 Å². The van der Waals surface area contributed by atoms with Crippen molar-refractivity contribution in [2.24, 2.45) is 0 Å². The van der Waals surface area contributed by atoms with Gasteiger partial charge in [0.1, 0.15) is 11.6 Å². The number of nitrogens with zero attached hydrogens (tertiary/aromatic N) is 2. The average Bonchev–Trinajstić information content (AvgIpc) is 2.29. The minimum Gasteiger partial charge on any atom is -0.381 e. The number of aromatic nitrogens is 2. The van der Waals surface area contributed by atoms with Crippen molar-refractivity contribution in [2.45, 2.75) is 0 Å². The molecule has 0 amide bonds. The zero-order valence-corrected chi connectivity index (χ0v) is 10.0. The maximum atomic E-state index is 13.4. The normalized spacial score (nSPS) is 10.3. The van der Waals surface area contributed by atoms with Crippen LogP contribution in [0.25, 0.3) is 0 Å². The van der Waals surface area contributed by atoms with Gasteiger partial charge in [-0.05, 0) is 22.0 Å². The van der Waals surface area contributed by atoms with E-state index in [1.807, 2.05) is 0 Å². The third kappa shape index (κ3) is 2.50. The molecule has 3 N–H and O–H groups in total. The molecule has 0 aliphatic rings. The predicted molar refractivity (Wildman–Crippen MR) is 63.8 cm³/mol. The second kappa shape index (κ2) is 4.62. The van der Waals surface area contributed by atoms with Gasteiger partial charge < -0.3 is 11.1 Å². The first-order chi connectivity index (χ1) is 8.08. The van der Waals surface area contributed by atoms with Crippen molar-refractivity contribution in [3.8, 4) is 0 Å². The molecule has 0 spiro atoms. The molecule has 1 aromatic heterocycles. The Kier molecular flexibility index (Phi) is 3.19. The van der Waals surface area contributed by atoms with E-state index < -0.39 is 11.6 Å². The van der Waals surface area contributed by atoms with Crippen molar-refractivity contribution < 1.29 is 8.78 Å². The van der Waals surface area contributed by atoms with Gasteiger partial charge in [0.25, 0.3) is 0 Å². The fraction of sp³-hybridized carbons (Fsp3) is 0. The number of nitrogens with two attached hydrogens (primary N) is 1. The minimum absolute atomic E-state index is 0.0606. The van der Waals surface area contributed by atoms with E-state index in [4.69, 9.17) is 5.73 Å². The molecule has 0 radical (unpaired) electrons. The molecule has 0 saturated heterocycles. The summed E-state index contributed by atoms with van der Waals surface area (Å²) < 4.78 is 26.6. The van der Waals surface area contributed by atoms with Crippen LogP contribution < -0.4 is 11.1 Å². The predicted octanol–water partition coefficient (Wildman–Crippen LogP) is 2.84. The monoisotopic (exact) mass is 300 g/mol. The lowest BCUT2D eigenvalue weighted by Gasteiger charge is -2.08.